The van der Waals surface area contributed by atoms with E-state index in [-0.39, 0.29) is 25.8 Å². The third-order valence-electron chi connectivity index (χ3n) is 4.04. The first-order valence-electron chi connectivity index (χ1n) is 10.5. The number of esters is 1. The summed E-state index contributed by atoms with van der Waals surface area (Å²) in [6.45, 7) is 5.00. The summed E-state index contributed by atoms with van der Waals surface area (Å²) in [5.41, 5.74) is 0. The van der Waals surface area contributed by atoms with Crippen molar-refractivity contribution < 1.29 is 37.7 Å². The van der Waals surface area contributed by atoms with E-state index in [2.05, 4.69) is 13.8 Å². The van der Waals surface area contributed by atoms with Gasteiger partial charge in [-0.25, -0.2) is 0 Å². The summed E-state index contributed by atoms with van der Waals surface area (Å²) >= 11 is 0. The number of rotatable bonds is 19. The average Bonchev–Trinajstić information content (AvgIpc) is 2.62. The Bertz CT molecular complexity index is 435. The minimum Gasteiger partial charge on any atom is -0.756 e. The normalized spacial score (nSPS) is 14.8. The molecule has 0 aliphatic heterocycles. The summed E-state index contributed by atoms with van der Waals surface area (Å²) < 4.78 is 32.5. The topological polar surface area (TPSA) is 98.6 Å². The van der Waals surface area contributed by atoms with E-state index in [9.17, 15) is 14.3 Å². The molecule has 1 N–H and O–H groups in total. The summed E-state index contributed by atoms with van der Waals surface area (Å²) in [6.07, 6.45) is 6.64. The Morgan fingerprint density at radius 1 is 0.964 bits per heavy atom. The lowest BCUT2D eigenvalue weighted by Gasteiger charge is -2.26. The van der Waals surface area contributed by atoms with Gasteiger partial charge in [-0.3, -0.25) is 9.36 Å². The second kappa shape index (κ2) is 17.4. The van der Waals surface area contributed by atoms with Crippen molar-refractivity contribution in [1.82, 2.24) is 0 Å². The van der Waals surface area contributed by atoms with E-state index >= 15 is 0 Å². The fourth-order valence-electron chi connectivity index (χ4n) is 2.27. The molecule has 8 nitrogen and oxygen atoms in total. The molecular weight excluding hydrogens is 385 g/mol. The van der Waals surface area contributed by atoms with Crippen molar-refractivity contribution in [3.8, 4) is 0 Å². The van der Waals surface area contributed by atoms with Gasteiger partial charge in [0.25, 0.3) is 7.82 Å². The van der Waals surface area contributed by atoms with E-state index in [1.54, 1.807) is 0 Å². The van der Waals surface area contributed by atoms with E-state index < -0.39 is 13.9 Å². The highest BCUT2D eigenvalue weighted by Gasteiger charge is 2.18. The molecule has 0 bridgehead atoms. The van der Waals surface area contributed by atoms with Crippen LogP contribution in [0.1, 0.15) is 65.2 Å². The Labute approximate surface area is 170 Å². The predicted molar refractivity (Wildman–Crippen MR) is 106 cm³/mol. The van der Waals surface area contributed by atoms with Crippen LogP contribution in [0, 0.1) is 0 Å². The molecule has 0 amide bonds. The summed E-state index contributed by atoms with van der Waals surface area (Å²) in [6, 6.07) is 0. The van der Waals surface area contributed by atoms with Crippen LogP contribution in [0.25, 0.3) is 0 Å². The van der Waals surface area contributed by atoms with Crippen molar-refractivity contribution >= 4 is 13.8 Å². The maximum Gasteiger partial charge on any atom is 0.305 e. The first-order valence-corrected chi connectivity index (χ1v) is 11.9. The number of ether oxygens (including phenoxy) is 2. The number of carbonyl (C=O) groups is 1. The van der Waals surface area contributed by atoms with E-state index in [0.29, 0.717) is 19.6 Å². The number of phosphoric acid groups is 1. The lowest BCUT2D eigenvalue weighted by Crippen LogP contribution is -3.06. The third-order valence-corrected chi connectivity index (χ3v) is 5.00. The lowest BCUT2D eigenvalue weighted by molar-refractivity contribution is -0.858. The van der Waals surface area contributed by atoms with Gasteiger partial charge in [-0.15, -0.1) is 0 Å². The molecule has 0 saturated heterocycles. The Balaban J connectivity index is 4.37. The van der Waals surface area contributed by atoms with Crippen LogP contribution in [0.2, 0.25) is 0 Å². The Kier molecular flexibility index (Phi) is 17.1. The van der Waals surface area contributed by atoms with Crippen LogP contribution in [0.4, 0.5) is 0 Å². The number of carbonyl (C=O) groups excluding carboxylic acids is 1. The highest BCUT2D eigenvalue weighted by Crippen LogP contribution is 2.38. The van der Waals surface area contributed by atoms with Gasteiger partial charge in [0.15, 0.2) is 0 Å². The summed E-state index contributed by atoms with van der Waals surface area (Å²) in [5.74, 6) is -0.302. The van der Waals surface area contributed by atoms with E-state index in [1.165, 1.54) is 0 Å². The van der Waals surface area contributed by atoms with Gasteiger partial charge in [0, 0.05) is 13.0 Å². The van der Waals surface area contributed by atoms with Crippen molar-refractivity contribution in [1.29, 1.82) is 0 Å². The van der Waals surface area contributed by atoms with Crippen LogP contribution < -0.4 is 9.79 Å². The molecule has 0 aromatic heterocycles. The minimum atomic E-state index is -4.41. The number of phosphoric ester groups is 1. The maximum absolute atomic E-state index is 11.9. The molecule has 0 saturated carbocycles. The predicted octanol–water partition coefficient (Wildman–Crippen LogP) is 1.72. The van der Waals surface area contributed by atoms with Gasteiger partial charge in [0.05, 0.1) is 20.7 Å². The summed E-state index contributed by atoms with van der Waals surface area (Å²) in [5, 5.41) is 0. The van der Waals surface area contributed by atoms with E-state index in [4.69, 9.17) is 18.5 Å². The summed E-state index contributed by atoms with van der Waals surface area (Å²) in [4.78, 5) is 24.7. The van der Waals surface area contributed by atoms with Crippen molar-refractivity contribution in [2.75, 3.05) is 47.1 Å². The molecule has 0 aromatic rings. The zero-order valence-corrected chi connectivity index (χ0v) is 19.0. The SMILES string of the molecule is CCCCCCOC(COC(=O)CCCCC)COP(=O)([O-])OCC[NH+](C)C. The molecule has 0 aliphatic rings. The number of unbranched alkanes of at least 4 members (excludes halogenated alkanes) is 5. The van der Waals surface area contributed by atoms with Crippen LogP contribution in [0.5, 0.6) is 0 Å². The number of quaternary nitrogens is 1. The molecule has 0 heterocycles. The monoisotopic (exact) mass is 425 g/mol. The van der Waals surface area contributed by atoms with Crippen molar-refractivity contribution in [3.63, 3.8) is 0 Å². The molecule has 0 fully saturated rings. The van der Waals surface area contributed by atoms with Gasteiger partial charge in [-0.05, 0) is 12.8 Å². The van der Waals surface area contributed by atoms with Crippen molar-refractivity contribution in [3.05, 3.63) is 0 Å². The first-order chi connectivity index (χ1) is 13.3. The molecule has 2 atom stereocenters. The summed E-state index contributed by atoms with van der Waals surface area (Å²) in [7, 11) is -0.605. The highest BCUT2D eigenvalue weighted by molar-refractivity contribution is 7.45. The van der Waals surface area contributed by atoms with Crippen LogP contribution in [-0.4, -0.2) is 59.1 Å². The second-order valence-electron chi connectivity index (χ2n) is 7.23. The number of hydrogen-bond donors (Lipinski definition) is 1. The molecule has 0 radical (unpaired) electrons. The standard InChI is InChI=1S/C19H40NO7P/c1-5-7-9-11-14-24-18(16-25-19(21)12-10-8-6-2)17-27-28(22,23)26-15-13-20(3)4/h18H,5-17H2,1-4H3,(H,22,23). The zero-order chi connectivity index (χ0) is 21.3. The largest absolute Gasteiger partial charge is 0.756 e. The molecule has 0 rings (SSSR count). The van der Waals surface area contributed by atoms with Crippen molar-refractivity contribution in [2.24, 2.45) is 0 Å². The maximum atomic E-state index is 11.9. The van der Waals surface area contributed by atoms with Crippen LogP contribution >= 0.6 is 7.82 Å². The fourth-order valence-corrected chi connectivity index (χ4v) is 3.01. The van der Waals surface area contributed by atoms with Crippen LogP contribution in [0.3, 0.4) is 0 Å². The van der Waals surface area contributed by atoms with Crippen LogP contribution in [-0.2, 0) is 27.9 Å². The number of hydrogen-bond acceptors (Lipinski definition) is 7. The molecule has 28 heavy (non-hydrogen) atoms. The van der Waals surface area contributed by atoms with Gasteiger partial charge in [-0.2, -0.15) is 0 Å². The first kappa shape index (κ1) is 27.5. The van der Waals surface area contributed by atoms with Gasteiger partial charge < -0.3 is 28.3 Å². The lowest BCUT2D eigenvalue weighted by atomic mass is 10.2. The molecule has 0 spiro atoms. The third kappa shape index (κ3) is 17.6. The molecule has 2 unspecified atom stereocenters. The molecular formula is C19H40NO7P. The molecule has 168 valence electrons. The van der Waals surface area contributed by atoms with Crippen LogP contribution in [0.15, 0.2) is 0 Å². The average molecular weight is 426 g/mol. The Hall–Kier alpha value is -0.500. The van der Waals surface area contributed by atoms with Gasteiger partial charge in [0.2, 0.25) is 0 Å². The van der Waals surface area contributed by atoms with Gasteiger partial charge in [0.1, 0.15) is 25.9 Å². The van der Waals surface area contributed by atoms with E-state index in [1.807, 2.05) is 14.1 Å². The second-order valence-corrected chi connectivity index (χ2v) is 8.64. The molecule has 0 aliphatic carbocycles. The fraction of sp³-hybridized carbons (Fsp3) is 0.947. The number of likely N-dealkylation sites (N-methyl/N-ethyl adjacent to an activating group) is 1. The Morgan fingerprint density at radius 3 is 2.29 bits per heavy atom. The number of nitrogens with one attached hydrogen (secondary N) is 1. The van der Waals surface area contributed by atoms with Gasteiger partial charge >= 0.3 is 5.97 Å². The molecule has 9 heteroatoms. The van der Waals surface area contributed by atoms with Crippen molar-refractivity contribution in [2.45, 2.75) is 71.3 Å². The Morgan fingerprint density at radius 2 is 1.64 bits per heavy atom. The molecule has 0 aromatic carbocycles. The van der Waals surface area contributed by atoms with Gasteiger partial charge in [-0.1, -0.05) is 46.0 Å². The highest BCUT2D eigenvalue weighted by atomic mass is 31.2. The zero-order valence-electron chi connectivity index (χ0n) is 18.1. The smallest absolute Gasteiger partial charge is 0.305 e. The van der Waals surface area contributed by atoms with E-state index in [0.717, 1.165) is 49.8 Å². The quantitative estimate of drug-likeness (QED) is 0.191. The minimum absolute atomic E-state index is 0.0272.